The summed E-state index contributed by atoms with van der Waals surface area (Å²) in [6, 6.07) is 3.37. The Balaban J connectivity index is 2.05. The molecule has 2 N–H and O–H groups in total. The van der Waals surface area contributed by atoms with Crippen molar-refractivity contribution in [1.82, 2.24) is 15.2 Å². The molecule has 0 amide bonds. The second-order valence-electron chi connectivity index (χ2n) is 4.02. The number of carboxylic acid groups (broad SMARTS) is 1. The molecular formula is C11H14BrN3O2. The summed E-state index contributed by atoms with van der Waals surface area (Å²) in [5, 5.41) is 12.2. The summed E-state index contributed by atoms with van der Waals surface area (Å²) in [5.41, 5.74) is 1.03. The summed E-state index contributed by atoms with van der Waals surface area (Å²) in [6.45, 7) is 2.69. The SMILES string of the molecule is O=C(O)[C@H]1CNCCN1Cc1ccc(Br)nc1. The molecular weight excluding hydrogens is 286 g/mol. The highest BCUT2D eigenvalue weighted by Gasteiger charge is 2.27. The summed E-state index contributed by atoms with van der Waals surface area (Å²) in [5.74, 6) is -0.776. The third-order valence-corrected chi connectivity index (χ3v) is 3.28. The molecule has 0 aliphatic carbocycles. The number of carboxylic acids is 1. The highest BCUT2D eigenvalue weighted by Crippen LogP contribution is 2.12. The van der Waals surface area contributed by atoms with E-state index < -0.39 is 12.0 Å². The minimum absolute atomic E-state index is 0.451. The normalized spacial score (nSPS) is 21.4. The molecule has 1 saturated heterocycles. The number of hydrogen-bond donors (Lipinski definition) is 2. The van der Waals surface area contributed by atoms with Gasteiger partial charge in [-0.05, 0) is 27.6 Å². The molecule has 1 aliphatic rings. The van der Waals surface area contributed by atoms with Crippen LogP contribution in [0.3, 0.4) is 0 Å². The molecule has 1 aromatic heterocycles. The zero-order valence-corrected chi connectivity index (χ0v) is 10.9. The number of nitrogens with zero attached hydrogens (tertiary/aromatic N) is 2. The summed E-state index contributed by atoms with van der Waals surface area (Å²) in [4.78, 5) is 17.2. The van der Waals surface area contributed by atoms with Crippen LogP contribution in [0.15, 0.2) is 22.9 Å². The number of halogens is 1. The number of nitrogens with one attached hydrogen (secondary N) is 1. The van der Waals surface area contributed by atoms with E-state index in [0.717, 1.165) is 23.3 Å². The smallest absolute Gasteiger partial charge is 0.322 e. The van der Waals surface area contributed by atoms with E-state index in [4.69, 9.17) is 5.11 Å². The van der Waals surface area contributed by atoms with Crippen LogP contribution >= 0.6 is 15.9 Å². The molecule has 0 aromatic carbocycles. The Morgan fingerprint density at radius 2 is 2.47 bits per heavy atom. The molecule has 0 unspecified atom stereocenters. The lowest BCUT2D eigenvalue weighted by molar-refractivity contribution is -0.144. The molecule has 2 heterocycles. The molecule has 1 atom stereocenters. The van der Waals surface area contributed by atoms with E-state index in [1.54, 1.807) is 6.20 Å². The van der Waals surface area contributed by atoms with Crippen molar-refractivity contribution in [3.63, 3.8) is 0 Å². The van der Waals surface area contributed by atoms with Crippen molar-refractivity contribution in [2.45, 2.75) is 12.6 Å². The Morgan fingerprint density at radius 3 is 3.12 bits per heavy atom. The second kappa shape index (κ2) is 5.57. The van der Waals surface area contributed by atoms with Gasteiger partial charge in [0.05, 0.1) is 0 Å². The van der Waals surface area contributed by atoms with E-state index >= 15 is 0 Å². The molecule has 1 aliphatic heterocycles. The molecule has 1 fully saturated rings. The summed E-state index contributed by atoms with van der Waals surface area (Å²) in [6.07, 6.45) is 1.77. The van der Waals surface area contributed by atoms with Crippen LogP contribution in [-0.2, 0) is 11.3 Å². The average molecular weight is 300 g/mol. The van der Waals surface area contributed by atoms with E-state index in [1.807, 2.05) is 17.0 Å². The van der Waals surface area contributed by atoms with Gasteiger partial charge in [0.15, 0.2) is 0 Å². The number of piperazine rings is 1. The van der Waals surface area contributed by atoms with Gasteiger partial charge in [0.1, 0.15) is 10.6 Å². The molecule has 17 heavy (non-hydrogen) atoms. The predicted molar refractivity (Wildman–Crippen MR) is 66.6 cm³/mol. The van der Waals surface area contributed by atoms with Crippen LogP contribution < -0.4 is 5.32 Å². The summed E-state index contributed by atoms with van der Waals surface area (Å²) in [7, 11) is 0. The maximum atomic E-state index is 11.1. The molecule has 0 saturated carbocycles. The van der Waals surface area contributed by atoms with Gasteiger partial charge in [-0.1, -0.05) is 6.07 Å². The van der Waals surface area contributed by atoms with Crippen molar-refractivity contribution < 1.29 is 9.90 Å². The fourth-order valence-corrected chi connectivity index (χ4v) is 2.15. The molecule has 0 spiro atoms. The first-order valence-corrected chi connectivity index (χ1v) is 6.24. The van der Waals surface area contributed by atoms with Crippen molar-refractivity contribution in [2.24, 2.45) is 0 Å². The number of rotatable bonds is 3. The van der Waals surface area contributed by atoms with E-state index in [9.17, 15) is 4.79 Å². The zero-order valence-electron chi connectivity index (χ0n) is 9.27. The lowest BCUT2D eigenvalue weighted by Crippen LogP contribution is -2.54. The highest BCUT2D eigenvalue weighted by atomic mass is 79.9. The van der Waals surface area contributed by atoms with Gasteiger partial charge in [0.2, 0.25) is 0 Å². The first-order chi connectivity index (χ1) is 8.16. The fourth-order valence-electron chi connectivity index (χ4n) is 1.91. The van der Waals surface area contributed by atoms with Crippen molar-refractivity contribution >= 4 is 21.9 Å². The molecule has 0 bridgehead atoms. The number of pyridine rings is 1. The molecule has 6 heteroatoms. The molecule has 5 nitrogen and oxygen atoms in total. The average Bonchev–Trinajstić information content (AvgIpc) is 2.32. The van der Waals surface area contributed by atoms with E-state index in [1.165, 1.54) is 0 Å². The Bertz CT molecular complexity index is 396. The van der Waals surface area contributed by atoms with Crippen LogP contribution in [0.5, 0.6) is 0 Å². The van der Waals surface area contributed by atoms with Crippen molar-refractivity contribution in [3.8, 4) is 0 Å². The molecule has 1 aromatic rings. The van der Waals surface area contributed by atoms with Gasteiger partial charge in [0.25, 0.3) is 0 Å². The standard InChI is InChI=1S/C11H14BrN3O2/c12-10-2-1-8(5-14-10)7-15-4-3-13-6-9(15)11(16)17/h1-2,5,9,13H,3-4,6-7H2,(H,16,17)/t9-/m1/s1. The Morgan fingerprint density at radius 1 is 1.65 bits per heavy atom. The van der Waals surface area contributed by atoms with Gasteiger partial charge in [0, 0.05) is 32.4 Å². The molecule has 2 rings (SSSR count). The molecule has 0 radical (unpaired) electrons. The van der Waals surface area contributed by atoms with Gasteiger partial charge >= 0.3 is 5.97 Å². The van der Waals surface area contributed by atoms with E-state index in [0.29, 0.717) is 13.1 Å². The van der Waals surface area contributed by atoms with Crippen molar-refractivity contribution in [3.05, 3.63) is 28.5 Å². The van der Waals surface area contributed by atoms with E-state index in [-0.39, 0.29) is 0 Å². The number of aromatic nitrogens is 1. The van der Waals surface area contributed by atoms with Gasteiger partial charge in [-0.15, -0.1) is 0 Å². The Kier molecular flexibility index (Phi) is 4.09. The van der Waals surface area contributed by atoms with Crippen molar-refractivity contribution in [1.29, 1.82) is 0 Å². The van der Waals surface area contributed by atoms with Gasteiger partial charge < -0.3 is 10.4 Å². The first-order valence-electron chi connectivity index (χ1n) is 5.45. The minimum Gasteiger partial charge on any atom is -0.480 e. The third-order valence-electron chi connectivity index (χ3n) is 2.81. The first kappa shape index (κ1) is 12.5. The summed E-state index contributed by atoms with van der Waals surface area (Å²) < 4.78 is 0.788. The van der Waals surface area contributed by atoms with Crippen molar-refractivity contribution in [2.75, 3.05) is 19.6 Å². The minimum atomic E-state index is -0.776. The Labute approximate surface area is 108 Å². The van der Waals surface area contributed by atoms with Gasteiger partial charge in [-0.25, -0.2) is 4.98 Å². The monoisotopic (exact) mass is 299 g/mol. The Hall–Kier alpha value is -0.980. The number of aliphatic carboxylic acids is 1. The maximum absolute atomic E-state index is 11.1. The van der Waals surface area contributed by atoms with Crippen LogP contribution in [0.1, 0.15) is 5.56 Å². The summed E-state index contributed by atoms with van der Waals surface area (Å²) >= 11 is 3.28. The number of hydrogen-bond acceptors (Lipinski definition) is 4. The molecule has 92 valence electrons. The van der Waals surface area contributed by atoms with Crippen LogP contribution in [-0.4, -0.2) is 46.6 Å². The van der Waals surface area contributed by atoms with Crippen LogP contribution in [0.25, 0.3) is 0 Å². The van der Waals surface area contributed by atoms with Crippen LogP contribution in [0, 0.1) is 0 Å². The lowest BCUT2D eigenvalue weighted by atomic mass is 10.1. The van der Waals surface area contributed by atoms with Gasteiger partial charge in [-0.2, -0.15) is 0 Å². The lowest BCUT2D eigenvalue weighted by Gasteiger charge is -2.33. The maximum Gasteiger partial charge on any atom is 0.322 e. The van der Waals surface area contributed by atoms with E-state index in [2.05, 4.69) is 26.2 Å². The fraction of sp³-hybridized carbons (Fsp3) is 0.455. The third kappa shape index (κ3) is 3.24. The highest BCUT2D eigenvalue weighted by molar-refractivity contribution is 9.10. The second-order valence-corrected chi connectivity index (χ2v) is 4.83. The van der Waals surface area contributed by atoms with Crippen LogP contribution in [0.2, 0.25) is 0 Å². The van der Waals surface area contributed by atoms with Crippen LogP contribution in [0.4, 0.5) is 0 Å². The topological polar surface area (TPSA) is 65.5 Å². The number of carbonyl (C=O) groups is 1. The largest absolute Gasteiger partial charge is 0.480 e. The quantitative estimate of drug-likeness (QED) is 0.805. The zero-order chi connectivity index (χ0) is 12.3. The predicted octanol–water partition coefficient (Wildman–Crippen LogP) is 0.703. The van der Waals surface area contributed by atoms with Gasteiger partial charge in [-0.3, -0.25) is 9.69 Å².